The number of hydrogen-bond donors (Lipinski definition) is 2. The number of nitrogens with one attached hydrogen (secondary N) is 1. The smallest absolute Gasteiger partial charge is 0.429 e. The molecule has 0 saturated carbocycles. The summed E-state index contributed by atoms with van der Waals surface area (Å²) in [7, 11) is 0. The first kappa shape index (κ1) is 37.9. The van der Waals surface area contributed by atoms with E-state index in [-0.39, 0.29) is 48.2 Å². The Balaban J connectivity index is 1.88. The molecule has 0 saturated heterocycles. The Hall–Kier alpha value is -4.92. The first-order valence-corrected chi connectivity index (χ1v) is 15.0. The minimum Gasteiger partial charge on any atom is -0.494 e. The molecular formula is C34H27ClF8N2O5. The Labute approximate surface area is 284 Å². The quantitative estimate of drug-likeness (QED) is 0.0998. The van der Waals surface area contributed by atoms with E-state index in [4.69, 9.17) is 21.4 Å². The minimum absolute atomic E-state index is 0.0616. The first-order valence-electron chi connectivity index (χ1n) is 14.7. The number of amides is 1. The van der Waals surface area contributed by atoms with Gasteiger partial charge in [0.25, 0.3) is 5.91 Å². The van der Waals surface area contributed by atoms with Gasteiger partial charge < -0.3 is 19.9 Å². The van der Waals surface area contributed by atoms with E-state index in [1.165, 1.54) is 36.4 Å². The topological polar surface area (TPSA) is 97.8 Å². The van der Waals surface area contributed by atoms with E-state index < -0.39 is 64.4 Å². The number of aliphatic carboxylic acids is 1. The van der Waals surface area contributed by atoms with Crippen LogP contribution in [0, 0.1) is 11.6 Å². The predicted octanol–water partition coefficient (Wildman–Crippen LogP) is 8.52. The van der Waals surface area contributed by atoms with Gasteiger partial charge in [-0.3, -0.25) is 14.6 Å². The lowest BCUT2D eigenvalue weighted by Crippen LogP contribution is -2.49. The van der Waals surface area contributed by atoms with E-state index in [2.05, 4.69) is 15.0 Å². The molecule has 3 aromatic carbocycles. The van der Waals surface area contributed by atoms with Crippen LogP contribution < -0.4 is 14.8 Å². The van der Waals surface area contributed by atoms with Crippen LogP contribution in [0.2, 0.25) is 5.02 Å². The highest BCUT2D eigenvalue weighted by Crippen LogP contribution is 2.38. The number of rotatable bonds is 14. The second kappa shape index (κ2) is 15.3. The van der Waals surface area contributed by atoms with Crippen LogP contribution in [0.25, 0.3) is 0 Å². The van der Waals surface area contributed by atoms with Gasteiger partial charge in [-0.15, -0.1) is 0 Å². The second-order valence-electron chi connectivity index (χ2n) is 11.0. The molecule has 1 heterocycles. The Bertz CT molecular complexity index is 1820. The van der Waals surface area contributed by atoms with Gasteiger partial charge in [-0.05, 0) is 79.1 Å². The average molecular weight is 731 g/mol. The fourth-order valence-electron chi connectivity index (χ4n) is 4.83. The van der Waals surface area contributed by atoms with Gasteiger partial charge in [0.15, 0.2) is 0 Å². The van der Waals surface area contributed by atoms with E-state index >= 15 is 4.39 Å². The molecule has 4 rings (SSSR count). The molecule has 1 aromatic heterocycles. The molecule has 2 atom stereocenters. The summed E-state index contributed by atoms with van der Waals surface area (Å²) in [5.74, 6) is -5.64. The molecule has 50 heavy (non-hydrogen) atoms. The number of halogens is 9. The molecule has 0 aliphatic rings. The normalized spacial score (nSPS) is 13.6. The number of alkyl halides is 6. The van der Waals surface area contributed by atoms with Crippen molar-refractivity contribution >= 4 is 23.5 Å². The average Bonchev–Trinajstić information content (AvgIpc) is 3.02. The molecule has 16 heteroatoms. The van der Waals surface area contributed by atoms with Crippen LogP contribution in [0.15, 0.2) is 79.0 Å². The summed E-state index contributed by atoms with van der Waals surface area (Å²) in [6.45, 7) is 0.575. The summed E-state index contributed by atoms with van der Waals surface area (Å²) in [4.78, 5) is 28.8. The number of ether oxygens (including phenoxy) is 2. The van der Waals surface area contributed by atoms with Gasteiger partial charge in [-0.25, -0.2) is 13.2 Å². The van der Waals surface area contributed by atoms with Crippen molar-refractivity contribution in [1.82, 2.24) is 10.3 Å². The van der Waals surface area contributed by atoms with E-state index in [1.807, 2.05) is 0 Å². The summed E-state index contributed by atoms with van der Waals surface area (Å²) >= 11 is 6.05. The molecule has 4 aromatic rings. The molecule has 0 radical (unpaired) electrons. The standard InChI is InChI=1S/C34H27ClF8N2O5/c1-19(36)34(42,43)50-26-15-22(14-24(37)16-26)32(29-11-7-23(35)18-44-29,17-20-4-8-25(9-5-20)49-12-2-3-30(46)47)45-31(48)21-6-10-28(38)27(13-21)33(39,40)41/h4-11,13-16,18-19H,2-3,12,17H2,1H3,(H,45,48)(H,46,47)/t19-,32+/m0/s1. The van der Waals surface area contributed by atoms with Crippen LogP contribution in [0.1, 0.15) is 52.5 Å². The van der Waals surface area contributed by atoms with Gasteiger partial charge in [0, 0.05) is 30.7 Å². The number of carbonyl (C=O) groups is 2. The van der Waals surface area contributed by atoms with Crippen LogP contribution >= 0.6 is 11.6 Å². The molecule has 0 spiro atoms. The van der Waals surface area contributed by atoms with E-state index in [0.29, 0.717) is 30.4 Å². The molecule has 0 unspecified atom stereocenters. The molecule has 266 valence electrons. The predicted molar refractivity (Wildman–Crippen MR) is 164 cm³/mol. The van der Waals surface area contributed by atoms with Crippen molar-refractivity contribution in [3.05, 3.63) is 124 Å². The fourth-order valence-corrected chi connectivity index (χ4v) is 4.94. The maximum atomic E-state index is 15.2. The summed E-state index contributed by atoms with van der Waals surface area (Å²) in [5.41, 5.74) is -4.59. The SMILES string of the molecule is C[C@H](F)C(F)(F)Oc1cc(F)cc([C@@](Cc2ccc(OCCCC(=O)O)cc2)(NC(=O)c2ccc(F)c(C(F)(F)F)c2)c2ccc(Cl)cn2)c1. The molecule has 0 bridgehead atoms. The van der Waals surface area contributed by atoms with E-state index in [0.717, 1.165) is 24.4 Å². The van der Waals surface area contributed by atoms with Crippen LogP contribution in [0.5, 0.6) is 11.5 Å². The molecule has 2 N–H and O–H groups in total. The lowest BCUT2D eigenvalue weighted by Gasteiger charge is -2.36. The van der Waals surface area contributed by atoms with Crippen LogP contribution in [0.3, 0.4) is 0 Å². The second-order valence-corrected chi connectivity index (χ2v) is 11.5. The number of aromatic nitrogens is 1. The molecule has 1 amide bonds. The summed E-state index contributed by atoms with van der Waals surface area (Å²) in [5, 5.41) is 11.5. The Kier molecular flexibility index (Phi) is 11.6. The lowest BCUT2D eigenvalue weighted by atomic mass is 9.80. The highest BCUT2D eigenvalue weighted by atomic mass is 35.5. The Morgan fingerprint density at radius 2 is 1.64 bits per heavy atom. The Morgan fingerprint density at radius 3 is 2.24 bits per heavy atom. The molecule has 7 nitrogen and oxygen atoms in total. The van der Waals surface area contributed by atoms with Crippen molar-refractivity contribution in [2.75, 3.05) is 6.61 Å². The third kappa shape index (κ3) is 9.40. The molecule has 0 aliphatic carbocycles. The van der Waals surface area contributed by atoms with Crippen molar-refractivity contribution < 1.29 is 59.3 Å². The maximum Gasteiger partial charge on any atom is 0.429 e. The van der Waals surface area contributed by atoms with Gasteiger partial charge in [0.1, 0.15) is 28.7 Å². The van der Waals surface area contributed by atoms with Crippen molar-refractivity contribution in [2.24, 2.45) is 0 Å². The highest BCUT2D eigenvalue weighted by molar-refractivity contribution is 6.30. The number of pyridine rings is 1. The van der Waals surface area contributed by atoms with Crippen molar-refractivity contribution in [3.63, 3.8) is 0 Å². The van der Waals surface area contributed by atoms with Gasteiger partial charge in [-0.1, -0.05) is 23.7 Å². The third-order valence-corrected chi connectivity index (χ3v) is 7.53. The summed E-state index contributed by atoms with van der Waals surface area (Å²) in [6, 6.07) is 12.3. The van der Waals surface area contributed by atoms with E-state index in [1.54, 1.807) is 0 Å². The largest absolute Gasteiger partial charge is 0.494 e. The number of carboxylic acids is 1. The summed E-state index contributed by atoms with van der Waals surface area (Å²) < 4.78 is 122. The number of carbonyl (C=O) groups excluding carboxylic acids is 1. The van der Waals surface area contributed by atoms with Crippen LogP contribution in [-0.2, 0) is 22.9 Å². The van der Waals surface area contributed by atoms with E-state index in [9.17, 15) is 40.3 Å². The van der Waals surface area contributed by atoms with Crippen LogP contribution in [-0.4, -0.2) is 40.9 Å². The van der Waals surface area contributed by atoms with Crippen molar-refractivity contribution in [3.8, 4) is 11.5 Å². The fraction of sp³-hybridized carbons (Fsp3) is 0.265. The van der Waals surface area contributed by atoms with Gasteiger partial charge in [-0.2, -0.15) is 22.0 Å². The molecular weight excluding hydrogens is 704 g/mol. The number of carboxylic acid groups (broad SMARTS) is 1. The zero-order chi connectivity index (χ0) is 36.9. The monoisotopic (exact) mass is 730 g/mol. The molecule has 0 fully saturated rings. The number of nitrogens with zero attached hydrogens (tertiary/aromatic N) is 1. The van der Waals surface area contributed by atoms with Gasteiger partial charge >= 0.3 is 18.3 Å². The van der Waals surface area contributed by atoms with Gasteiger partial charge in [0.05, 0.1) is 22.9 Å². The van der Waals surface area contributed by atoms with Crippen molar-refractivity contribution in [1.29, 1.82) is 0 Å². The van der Waals surface area contributed by atoms with Crippen LogP contribution in [0.4, 0.5) is 35.1 Å². The van der Waals surface area contributed by atoms with Crippen molar-refractivity contribution in [2.45, 2.75) is 50.2 Å². The maximum absolute atomic E-state index is 15.2. The minimum atomic E-state index is -5.18. The lowest BCUT2D eigenvalue weighted by molar-refractivity contribution is -0.215. The summed E-state index contributed by atoms with van der Waals surface area (Å²) in [6.07, 6.45) is -11.6. The third-order valence-electron chi connectivity index (χ3n) is 7.30. The Morgan fingerprint density at radius 1 is 0.940 bits per heavy atom. The zero-order valence-corrected chi connectivity index (χ0v) is 26.6. The number of benzene rings is 3. The molecule has 0 aliphatic heterocycles. The zero-order valence-electron chi connectivity index (χ0n) is 25.8. The first-order chi connectivity index (χ1) is 23.4. The highest BCUT2D eigenvalue weighted by Gasteiger charge is 2.43. The van der Waals surface area contributed by atoms with Gasteiger partial charge in [0.2, 0.25) is 6.17 Å². The number of hydrogen-bond acceptors (Lipinski definition) is 5.